The average molecular weight is 212 g/mol. The van der Waals surface area contributed by atoms with Crippen molar-refractivity contribution in [2.45, 2.75) is 19.8 Å². The van der Waals surface area contributed by atoms with Gasteiger partial charge in [-0.25, -0.2) is 9.59 Å². The van der Waals surface area contributed by atoms with Crippen LogP contribution in [-0.4, -0.2) is 23.0 Å². The molecule has 0 saturated heterocycles. The molecule has 0 unspecified atom stereocenters. The molecule has 1 N–H and O–H groups in total. The van der Waals surface area contributed by atoms with Gasteiger partial charge in [0.05, 0.1) is 6.42 Å². The number of carbonyl (C=O) groups is 3. The lowest BCUT2D eigenvalue weighted by molar-refractivity contribution is -0.156. The van der Waals surface area contributed by atoms with E-state index in [1.165, 1.54) is 6.92 Å². The number of carbonyl (C=O) groups excluding carboxylic acids is 2. The number of ether oxygens (including phenoxy) is 1. The van der Waals surface area contributed by atoms with Gasteiger partial charge < -0.3 is 9.84 Å². The minimum absolute atomic E-state index is 0.0440. The molecule has 0 spiro atoms. The average Bonchev–Trinajstić information content (AvgIpc) is 2.13. The molecule has 0 aliphatic heterocycles. The van der Waals surface area contributed by atoms with Crippen molar-refractivity contribution in [2.24, 2.45) is 0 Å². The number of esters is 2. The van der Waals surface area contributed by atoms with Gasteiger partial charge in [0.2, 0.25) is 0 Å². The fourth-order valence-corrected chi connectivity index (χ4v) is 0.601. The topological polar surface area (TPSA) is 80.7 Å². The maximum atomic E-state index is 11.0. The lowest BCUT2D eigenvalue weighted by atomic mass is 10.2. The van der Waals surface area contributed by atoms with Gasteiger partial charge in [0, 0.05) is 11.1 Å². The number of carboxylic acid groups (broad SMARTS) is 1. The first-order chi connectivity index (χ1) is 6.84. The van der Waals surface area contributed by atoms with Crippen LogP contribution in [0.2, 0.25) is 0 Å². The van der Waals surface area contributed by atoms with E-state index in [0.717, 1.165) is 0 Å². The molecule has 0 aromatic rings. The zero-order valence-corrected chi connectivity index (χ0v) is 8.41. The molecule has 0 saturated carbocycles. The van der Waals surface area contributed by atoms with Crippen LogP contribution < -0.4 is 0 Å². The fourth-order valence-electron chi connectivity index (χ4n) is 0.601. The summed E-state index contributed by atoms with van der Waals surface area (Å²) in [6.45, 7) is 7.93. The number of carboxylic acids is 1. The summed E-state index contributed by atoms with van der Waals surface area (Å²) in [5.74, 6) is -2.76. The largest absolute Gasteiger partial charge is 0.478 e. The van der Waals surface area contributed by atoms with Crippen LogP contribution in [0.3, 0.4) is 0 Å². The van der Waals surface area contributed by atoms with Crippen LogP contribution in [0.4, 0.5) is 0 Å². The van der Waals surface area contributed by atoms with Gasteiger partial charge in [-0.05, 0) is 13.3 Å². The number of aliphatic carboxylic acids is 1. The van der Waals surface area contributed by atoms with Crippen LogP contribution in [0.1, 0.15) is 19.8 Å². The Morgan fingerprint density at radius 3 is 2.13 bits per heavy atom. The van der Waals surface area contributed by atoms with Gasteiger partial charge in [0.15, 0.2) is 0 Å². The third-order valence-corrected chi connectivity index (χ3v) is 1.49. The summed E-state index contributed by atoms with van der Waals surface area (Å²) in [4.78, 5) is 32.1. The molecule has 0 atom stereocenters. The molecule has 5 nitrogen and oxygen atoms in total. The van der Waals surface area contributed by atoms with Crippen molar-refractivity contribution < 1.29 is 24.2 Å². The molecule has 15 heavy (non-hydrogen) atoms. The Balaban J connectivity index is 3.96. The van der Waals surface area contributed by atoms with Crippen molar-refractivity contribution in [1.82, 2.24) is 0 Å². The van der Waals surface area contributed by atoms with E-state index in [1.807, 2.05) is 0 Å². The Bertz CT molecular complexity index is 327. The molecule has 0 bridgehead atoms. The molecule has 0 aromatic heterocycles. The molecule has 0 heterocycles. The fraction of sp³-hybridized carbons (Fsp3) is 0.300. The van der Waals surface area contributed by atoms with E-state index in [4.69, 9.17) is 5.11 Å². The van der Waals surface area contributed by atoms with Crippen LogP contribution in [0.15, 0.2) is 24.3 Å². The van der Waals surface area contributed by atoms with E-state index >= 15 is 0 Å². The SMILES string of the molecule is C=C(C)C(=O)OC(=O)CCC(=C)C(=O)O. The zero-order valence-electron chi connectivity index (χ0n) is 8.41. The molecule has 82 valence electrons. The highest BCUT2D eigenvalue weighted by Gasteiger charge is 2.12. The number of rotatable bonds is 5. The third kappa shape index (κ3) is 5.41. The third-order valence-electron chi connectivity index (χ3n) is 1.49. The normalized spacial score (nSPS) is 9.13. The lowest BCUT2D eigenvalue weighted by Gasteiger charge is -2.02. The molecule has 0 amide bonds. The highest BCUT2D eigenvalue weighted by Crippen LogP contribution is 2.04. The Labute approximate surface area is 87.0 Å². The van der Waals surface area contributed by atoms with Gasteiger partial charge in [-0.3, -0.25) is 4.79 Å². The second-order valence-electron chi connectivity index (χ2n) is 2.95. The van der Waals surface area contributed by atoms with Crippen LogP contribution in [0.25, 0.3) is 0 Å². The molecule has 0 fully saturated rings. The highest BCUT2D eigenvalue weighted by atomic mass is 16.6. The minimum atomic E-state index is -1.17. The Kier molecular flexibility index (Phi) is 5.01. The zero-order chi connectivity index (χ0) is 12.0. The van der Waals surface area contributed by atoms with Crippen LogP contribution >= 0.6 is 0 Å². The summed E-state index contributed by atoms with van der Waals surface area (Å²) in [5, 5.41) is 8.43. The quantitative estimate of drug-likeness (QED) is 0.418. The van der Waals surface area contributed by atoms with E-state index < -0.39 is 17.9 Å². The Morgan fingerprint density at radius 1 is 1.20 bits per heavy atom. The van der Waals surface area contributed by atoms with Crippen molar-refractivity contribution >= 4 is 17.9 Å². The summed E-state index contributed by atoms with van der Waals surface area (Å²) >= 11 is 0. The number of hydrogen-bond acceptors (Lipinski definition) is 4. The maximum absolute atomic E-state index is 11.0. The number of hydrogen-bond donors (Lipinski definition) is 1. The summed E-state index contributed by atoms with van der Waals surface area (Å²) in [6.07, 6.45) is -0.234. The van der Waals surface area contributed by atoms with Crippen LogP contribution in [-0.2, 0) is 19.1 Å². The molecule has 5 heteroatoms. The molecule has 0 aliphatic carbocycles. The van der Waals surface area contributed by atoms with Crippen molar-refractivity contribution in [1.29, 1.82) is 0 Å². The first-order valence-corrected chi connectivity index (χ1v) is 4.16. The molecular weight excluding hydrogens is 200 g/mol. The summed E-state index contributed by atoms with van der Waals surface area (Å²) in [7, 11) is 0. The van der Waals surface area contributed by atoms with Crippen molar-refractivity contribution in [3.63, 3.8) is 0 Å². The Hall–Kier alpha value is -1.91. The van der Waals surface area contributed by atoms with E-state index in [-0.39, 0.29) is 24.0 Å². The second-order valence-corrected chi connectivity index (χ2v) is 2.95. The summed E-state index contributed by atoms with van der Waals surface area (Å²) in [5.41, 5.74) is 0.00938. The maximum Gasteiger partial charge on any atom is 0.340 e. The Morgan fingerprint density at radius 2 is 1.73 bits per heavy atom. The predicted molar refractivity (Wildman–Crippen MR) is 51.9 cm³/mol. The molecule has 0 rings (SSSR count). The summed E-state index contributed by atoms with van der Waals surface area (Å²) in [6, 6.07) is 0. The van der Waals surface area contributed by atoms with Crippen LogP contribution in [0.5, 0.6) is 0 Å². The van der Waals surface area contributed by atoms with E-state index in [1.54, 1.807) is 0 Å². The molecule has 0 radical (unpaired) electrons. The van der Waals surface area contributed by atoms with Crippen molar-refractivity contribution in [3.05, 3.63) is 24.3 Å². The van der Waals surface area contributed by atoms with E-state index in [0.29, 0.717) is 0 Å². The lowest BCUT2D eigenvalue weighted by Crippen LogP contribution is -2.13. The van der Waals surface area contributed by atoms with Crippen LogP contribution in [0, 0.1) is 0 Å². The first kappa shape index (κ1) is 13.1. The van der Waals surface area contributed by atoms with E-state index in [9.17, 15) is 14.4 Å². The predicted octanol–water partition coefficient (Wildman–Crippen LogP) is 1.05. The van der Waals surface area contributed by atoms with Crippen molar-refractivity contribution in [3.8, 4) is 0 Å². The van der Waals surface area contributed by atoms with E-state index in [2.05, 4.69) is 17.9 Å². The monoisotopic (exact) mass is 212 g/mol. The molecule has 0 aliphatic rings. The van der Waals surface area contributed by atoms with Gasteiger partial charge in [-0.15, -0.1) is 0 Å². The first-order valence-electron chi connectivity index (χ1n) is 4.16. The van der Waals surface area contributed by atoms with Gasteiger partial charge >= 0.3 is 17.9 Å². The standard InChI is InChI=1S/C10H12O5/c1-6(2)10(14)15-8(11)5-4-7(3)9(12)13/h1,3-5H2,2H3,(H,12,13). The second kappa shape index (κ2) is 5.74. The molecule has 0 aromatic carbocycles. The van der Waals surface area contributed by atoms with Gasteiger partial charge in [-0.1, -0.05) is 13.2 Å². The van der Waals surface area contributed by atoms with Gasteiger partial charge in [0.25, 0.3) is 0 Å². The smallest absolute Gasteiger partial charge is 0.340 e. The van der Waals surface area contributed by atoms with Gasteiger partial charge in [0.1, 0.15) is 0 Å². The summed E-state index contributed by atoms with van der Waals surface area (Å²) < 4.78 is 4.33. The molecular formula is C10H12O5. The van der Waals surface area contributed by atoms with Gasteiger partial charge in [-0.2, -0.15) is 0 Å². The minimum Gasteiger partial charge on any atom is -0.478 e. The van der Waals surface area contributed by atoms with Crippen molar-refractivity contribution in [2.75, 3.05) is 0 Å². The highest BCUT2D eigenvalue weighted by molar-refractivity contribution is 5.95.